The minimum Gasteiger partial charge on any atom is -0.478 e. The van der Waals surface area contributed by atoms with Crippen LogP contribution in [0.3, 0.4) is 0 Å². The van der Waals surface area contributed by atoms with E-state index < -0.39 is 18.6 Å². The number of cyclic esters (lactones) is 1. The van der Waals surface area contributed by atoms with Crippen molar-refractivity contribution in [2.75, 3.05) is 0 Å². The van der Waals surface area contributed by atoms with Crippen LogP contribution in [0, 0.1) is 0 Å². The molecule has 0 saturated heterocycles. The summed E-state index contributed by atoms with van der Waals surface area (Å²) in [6.45, 7) is -3.03. The molecule has 1 N–H and O–H groups in total. The molecule has 0 unspecified atom stereocenters. The van der Waals surface area contributed by atoms with Gasteiger partial charge in [0.25, 0.3) is 0 Å². The highest BCUT2D eigenvalue weighted by Crippen LogP contribution is 2.26. The number of carboxylic acid groups (broad SMARTS) is 1. The standard InChI is InChI=1S/C18H11F2NO5/c19-18(20)25-14-4-2-1-3-12(14)15-21-13(17(24)26-15)9-10-5-7-11(8-6-10)16(22)23/h1-9,18H,(H,22,23). The van der Waals surface area contributed by atoms with Crippen molar-refractivity contribution in [3.05, 3.63) is 70.9 Å². The topological polar surface area (TPSA) is 85.2 Å². The number of carbonyl (C=O) groups is 2. The summed E-state index contributed by atoms with van der Waals surface area (Å²) in [5, 5.41) is 8.87. The molecular formula is C18H11F2NO5. The third-order valence-electron chi connectivity index (χ3n) is 3.42. The predicted molar refractivity (Wildman–Crippen MR) is 87.1 cm³/mol. The number of carboxylic acids is 1. The average Bonchev–Trinajstić information content (AvgIpc) is 2.96. The zero-order valence-corrected chi connectivity index (χ0v) is 13.1. The lowest BCUT2D eigenvalue weighted by atomic mass is 10.1. The van der Waals surface area contributed by atoms with Gasteiger partial charge in [0.2, 0.25) is 5.90 Å². The Morgan fingerprint density at radius 2 is 1.85 bits per heavy atom. The summed E-state index contributed by atoms with van der Waals surface area (Å²) in [5.74, 6) is -2.14. The van der Waals surface area contributed by atoms with Crippen LogP contribution in [0.2, 0.25) is 0 Å². The first-order chi connectivity index (χ1) is 12.4. The predicted octanol–water partition coefficient (Wildman–Crippen LogP) is 3.33. The minimum absolute atomic E-state index is 0.0464. The van der Waals surface area contributed by atoms with Crippen molar-refractivity contribution in [1.29, 1.82) is 0 Å². The normalized spacial score (nSPS) is 15.1. The van der Waals surface area contributed by atoms with Crippen molar-refractivity contribution in [3.63, 3.8) is 0 Å². The Morgan fingerprint density at radius 3 is 2.50 bits per heavy atom. The lowest BCUT2D eigenvalue weighted by Crippen LogP contribution is -2.10. The van der Waals surface area contributed by atoms with E-state index in [1.165, 1.54) is 48.5 Å². The molecule has 0 aliphatic carbocycles. The number of alkyl halides is 2. The summed E-state index contributed by atoms with van der Waals surface area (Å²) >= 11 is 0. The first kappa shape index (κ1) is 17.3. The van der Waals surface area contributed by atoms with Crippen LogP contribution < -0.4 is 4.74 Å². The second kappa shape index (κ2) is 7.14. The number of nitrogens with zero attached hydrogens (tertiary/aromatic N) is 1. The average molecular weight is 359 g/mol. The highest BCUT2D eigenvalue weighted by molar-refractivity contribution is 6.13. The van der Waals surface area contributed by atoms with E-state index in [0.29, 0.717) is 5.56 Å². The second-order valence-electron chi connectivity index (χ2n) is 5.14. The first-order valence-corrected chi connectivity index (χ1v) is 7.34. The Labute approximate surface area is 146 Å². The molecule has 8 heteroatoms. The zero-order valence-electron chi connectivity index (χ0n) is 13.1. The fourth-order valence-electron chi connectivity index (χ4n) is 2.25. The van der Waals surface area contributed by atoms with Crippen LogP contribution in [-0.4, -0.2) is 29.6 Å². The summed E-state index contributed by atoms with van der Waals surface area (Å²) < 4.78 is 34.4. The van der Waals surface area contributed by atoms with E-state index in [-0.39, 0.29) is 28.5 Å². The molecule has 2 aromatic carbocycles. The number of hydrogen-bond donors (Lipinski definition) is 1. The monoisotopic (exact) mass is 359 g/mol. The van der Waals surface area contributed by atoms with Crippen molar-refractivity contribution >= 4 is 23.9 Å². The van der Waals surface area contributed by atoms with Crippen molar-refractivity contribution in [2.45, 2.75) is 6.61 Å². The molecule has 6 nitrogen and oxygen atoms in total. The Hall–Kier alpha value is -3.55. The Kier molecular flexibility index (Phi) is 4.74. The summed E-state index contributed by atoms with van der Waals surface area (Å²) in [6, 6.07) is 11.6. The molecule has 0 amide bonds. The number of aliphatic imine (C=N–C) groups is 1. The number of ether oxygens (including phenoxy) is 2. The molecule has 1 aliphatic heterocycles. The minimum atomic E-state index is -3.03. The summed E-state index contributed by atoms with van der Waals surface area (Å²) in [5.41, 5.74) is 0.702. The van der Waals surface area contributed by atoms with Gasteiger partial charge in [-0.25, -0.2) is 14.6 Å². The fraction of sp³-hybridized carbons (Fsp3) is 0.0556. The van der Waals surface area contributed by atoms with Gasteiger partial charge in [0, 0.05) is 0 Å². The number of aromatic carboxylic acids is 1. The molecule has 0 atom stereocenters. The van der Waals surface area contributed by atoms with E-state index in [2.05, 4.69) is 9.73 Å². The Bertz CT molecular complexity index is 919. The number of rotatable bonds is 5. The number of benzene rings is 2. The number of hydrogen-bond acceptors (Lipinski definition) is 5. The van der Waals surface area contributed by atoms with Gasteiger partial charge in [-0.2, -0.15) is 8.78 Å². The number of carbonyl (C=O) groups excluding carboxylic acids is 1. The molecule has 0 aromatic heterocycles. The van der Waals surface area contributed by atoms with Crippen molar-refractivity contribution < 1.29 is 33.0 Å². The van der Waals surface area contributed by atoms with Crippen molar-refractivity contribution in [2.24, 2.45) is 4.99 Å². The molecule has 0 radical (unpaired) electrons. The Morgan fingerprint density at radius 1 is 1.15 bits per heavy atom. The van der Waals surface area contributed by atoms with E-state index in [4.69, 9.17) is 9.84 Å². The number of esters is 1. The highest BCUT2D eigenvalue weighted by atomic mass is 19.3. The van der Waals surface area contributed by atoms with Crippen molar-refractivity contribution in [1.82, 2.24) is 0 Å². The lowest BCUT2D eigenvalue weighted by molar-refractivity contribution is -0.129. The summed E-state index contributed by atoms with van der Waals surface area (Å²) in [7, 11) is 0. The van der Waals surface area contributed by atoms with Gasteiger partial charge in [-0.3, -0.25) is 0 Å². The second-order valence-corrected chi connectivity index (χ2v) is 5.14. The largest absolute Gasteiger partial charge is 0.478 e. The van der Waals surface area contributed by atoms with Crippen LogP contribution in [-0.2, 0) is 9.53 Å². The molecular weight excluding hydrogens is 348 g/mol. The third-order valence-corrected chi connectivity index (χ3v) is 3.42. The zero-order chi connectivity index (χ0) is 18.7. The smallest absolute Gasteiger partial charge is 0.387 e. The summed E-state index contributed by atoms with van der Waals surface area (Å²) in [6.07, 6.45) is 1.40. The molecule has 3 rings (SSSR count). The Balaban J connectivity index is 1.91. The fourth-order valence-corrected chi connectivity index (χ4v) is 2.25. The van der Waals surface area contributed by atoms with E-state index in [0.717, 1.165) is 0 Å². The molecule has 0 saturated carbocycles. The van der Waals surface area contributed by atoms with Gasteiger partial charge in [-0.1, -0.05) is 24.3 Å². The molecule has 1 aliphatic rings. The van der Waals surface area contributed by atoms with Crippen LogP contribution in [0.5, 0.6) is 5.75 Å². The molecule has 1 heterocycles. The van der Waals surface area contributed by atoms with Crippen LogP contribution in [0.25, 0.3) is 6.08 Å². The van der Waals surface area contributed by atoms with Gasteiger partial charge < -0.3 is 14.6 Å². The van der Waals surface area contributed by atoms with Crippen LogP contribution >= 0.6 is 0 Å². The molecule has 26 heavy (non-hydrogen) atoms. The number of para-hydroxylation sites is 1. The quantitative estimate of drug-likeness (QED) is 0.654. The maximum absolute atomic E-state index is 12.5. The lowest BCUT2D eigenvalue weighted by Gasteiger charge is -2.08. The maximum Gasteiger partial charge on any atom is 0.387 e. The molecule has 2 aromatic rings. The van der Waals surface area contributed by atoms with E-state index in [1.807, 2.05) is 0 Å². The SMILES string of the molecule is O=C1OC(c2ccccc2OC(F)F)=NC1=Cc1ccc(C(=O)O)cc1. The van der Waals surface area contributed by atoms with E-state index in [9.17, 15) is 18.4 Å². The van der Waals surface area contributed by atoms with E-state index in [1.54, 1.807) is 6.07 Å². The van der Waals surface area contributed by atoms with E-state index >= 15 is 0 Å². The van der Waals surface area contributed by atoms with Gasteiger partial charge in [-0.05, 0) is 35.9 Å². The van der Waals surface area contributed by atoms with Gasteiger partial charge in [0.1, 0.15) is 5.75 Å². The third kappa shape index (κ3) is 3.75. The van der Waals surface area contributed by atoms with Gasteiger partial charge in [0.15, 0.2) is 5.70 Å². The maximum atomic E-state index is 12.5. The highest BCUT2D eigenvalue weighted by Gasteiger charge is 2.26. The molecule has 0 fully saturated rings. The van der Waals surface area contributed by atoms with Crippen LogP contribution in [0.4, 0.5) is 8.78 Å². The van der Waals surface area contributed by atoms with Crippen molar-refractivity contribution in [3.8, 4) is 5.75 Å². The molecule has 132 valence electrons. The van der Waals surface area contributed by atoms with Gasteiger partial charge >= 0.3 is 18.6 Å². The number of halogens is 2. The first-order valence-electron chi connectivity index (χ1n) is 7.34. The molecule has 0 spiro atoms. The summed E-state index contributed by atoms with van der Waals surface area (Å²) in [4.78, 5) is 26.8. The van der Waals surface area contributed by atoms with Gasteiger partial charge in [0.05, 0.1) is 11.1 Å². The van der Waals surface area contributed by atoms with Gasteiger partial charge in [-0.15, -0.1) is 0 Å². The van der Waals surface area contributed by atoms with Crippen LogP contribution in [0.15, 0.2) is 59.2 Å². The molecule has 0 bridgehead atoms. The van der Waals surface area contributed by atoms with Crippen LogP contribution in [0.1, 0.15) is 21.5 Å².